The van der Waals surface area contributed by atoms with Crippen LogP contribution in [0.2, 0.25) is 0 Å². The van der Waals surface area contributed by atoms with E-state index in [1.165, 1.54) is 17.4 Å². The van der Waals surface area contributed by atoms with Crippen molar-refractivity contribution in [3.8, 4) is 0 Å². The van der Waals surface area contributed by atoms with Gasteiger partial charge in [0.05, 0.1) is 5.69 Å². The molecule has 0 radical (unpaired) electrons. The Morgan fingerprint density at radius 3 is 2.88 bits per heavy atom. The van der Waals surface area contributed by atoms with E-state index in [2.05, 4.69) is 10.2 Å². The lowest BCUT2D eigenvalue weighted by Crippen LogP contribution is -1.91. The molecule has 0 aliphatic heterocycles. The molecule has 2 rings (SSSR count). The van der Waals surface area contributed by atoms with Gasteiger partial charge in [-0.1, -0.05) is 29.2 Å². The predicted molar refractivity (Wildman–Crippen MR) is 65.0 cm³/mol. The van der Waals surface area contributed by atoms with Gasteiger partial charge in [0, 0.05) is 5.75 Å². The number of rotatable bonds is 3. The van der Waals surface area contributed by atoms with Gasteiger partial charge in [0.15, 0.2) is 4.34 Å². The summed E-state index contributed by atoms with van der Waals surface area (Å²) in [4.78, 5) is 0. The largest absolute Gasteiger partial charge is 0.396 e. The Morgan fingerprint density at radius 2 is 2.25 bits per heavy atom. The molecule has 6 heteroatoms. The lowest BCUT2D eigenvalue weighted by Gasteiger charge is -2.01. The van der Waals surface area contributed by atoms with Crippen LogP contribution in [0.4, 0.5) is 10.1 Å². The third-order valence-corrected chi connectivity index (χ3v) is 3.98. The van der Waals surface area contributed by atoms with E-state index in [0.717, 1.165) is 14.9 Å². The van der Waals surface area contributed by atoms with Gasteiger partial charge in [0.1, 0.15) is 10.8 Å². The molecule has 0 aliphatic rings. The minimum Gasteiger partial charge on any atom is -0.396 e. The Hall–Kier alpha value is -1.14. The van der Waals surface area contributed by atoms with E-state index in [0.29, 0.717) is 5.75 Å². The zero-order valence-corrected chi connectivity index (χ0v) is 10.2. The molecule has 16 heavy (non-hydrogen) atoms. The fourth-order valence-corrected chi connectivity index (χ4v) is 2.90. The molecule has 0 aliphatic carbocycles. The molecule has 0 atom stereocenters. The van der Waals surface area contributed by atoms with Crippen LogP contribution in [0.25, 0.3) is 0 Å². The number of hydrogen-bond acceptors (Lipinski definition) is 5. The van der Waals surface area contributed by atoms with Crippen molar-refractivity contribution in [2.45, 2.75) is 17.0 Å². The average molecular weight is 255 g/mol. The molecule has 0 unspecified atom stereocenters. The number of halogens is 1. The van der Waals surface area contributed by atoms with Crippen LogP contribution in [0.15, 0.2) is 22.5 Å². The summed E-state index contributed by atoms with van der Waals surface area (Å²) in [5, 5.41) is 8.83. The maximum Gasteiger partial charge on any atom is 0.174 e. The molecule has 0 spiro atoms. The number of nitrogen functional groups attached to an aromatic ring is 1. The van der Waals surface area contributed by atoms with Crippen molar-refractivity contribution in [3.63, 3.8) is 0 Å². The lowest BCUT2D eigenvalue weighted by molar-refractivity contribution is 0.631. The second-order valence-electron chi connectivity index (χ2n) is 3.23. The Labute approximate surface area is 101 Å². The molecule has 0 saturated heterocycles. The van der Waals surface area contributed by atoms with E-state index in [-0.39, 0.29) is 11.5 Å². The van der Waals surface area contributed by atoms with Crippen molar-refractivity contribution in [3.05, 3.63) is 34.6 Å². The molecule has 1 aromatic heterocycles. The average Bonchev–Trinajstić information content (AvgIpc) is 2.66. The molecule has 2 N–H and O–H groups in total. The van der Waals surface area contributed by atoms with Gasteiger partial charge in [-0.2, -0.15) is 0 Å². The standard InChI is InChI=1S/C10H10FN3S2/c1-6-13-14-10(16-6)15-5-7-2-3-9(12)8(11)4-7/h2-4H,5,12H2,1H3. The third kappa shape index (κ3) is 2.70. The van der Waals surface area contributed by atoms with Crippen molar-refractivity contribution in [1.29, 1.82) is 0 Å². The molecule has 3 nitrogen and oxygen atoms in total. The van der Waals surface area contributed by atoms with E-state index < -0.39 is 0 Å². The smallest absolute Gasteiger partial charge is 0.174 e. The highest BCUT2D eigenvalue weighted by Crippen LogP contribution is 2.26. The molecular weight excluding hydrogens is 245 g/mol. The Kier molecular flexibility index (Phi) is 3.40. The van der Waals surface area contributed by atoms with Crippen molar-refractivity contribution in [2.75, 3.05) is 5.73 Å². The summed E-state index contributed by atoms with van der Waals surface area (Å²) in [5.74, 6) is 0.304. The van der Waals surface area contributed by atoms with Crippen LogP contribution in [-0.4, -0.2) is 10.2 Å². The molecule has 0 amide bonds. The van der Waals surface area contributed by atoms with Gasteiger partial charge in [-0.25, -0.2) is 4.39 Å². The minimum atomic E-state index is -0.369. The van der Waals surface area contributed by atoms with Crippen LogP contribution >= 0.6 is 23.1 Å². The molecule has 0 saturated carbocycles. The molecule has 0 bridgehead atoms. The first kappa shape index (κ1) is 11.3. The number of hydrogen-bond donors (Lipinski definition) is 1. The third-order valence-electron chi connectivity index (χ3n) is 1.93. The number of thioether (sulfide) groups is 1. The summed E-state index contributed by atoms with van der Waals surface area (Å²) in [6, 6.07) is 4.85. The highest BCUT2D eigenvalue weighted by molar-refractivity contribution is 8.00. The highest BCUT2D eigenvalue weighted by atomic mass is 32.2. The van der Waals surface area contributed by atoms with Gasteiger partial charge in [-0.05, 0) is 24.6 Å². The van der Waals surface area contributed by atoms with Gasteiger partial charge >= 0.3 is 0 Å². The number of aromatic nitrogens is 2. The minimum absolute atomic E-state index is 0.181. The second kappa shape index (κ2) is 4.80. The van der Waals surface area contributed by atoms with Crippen molar-refractivity contribution in [2.24, 2.45) is 0 Å². The summed E-state index contributed by atoms with van der Waals surface area (Å²) in [6.45, 7) is 1.91. The highest BCUT2D eigenvalue weighted by Gasteiger charge is 2.04. The van der Waals surface area contributed by atoms with Crippen LogP contribution in [0.1, 0.15) is 10.6 Å². The fourth-order valence-electron chi connectivity index (χ4n) is 1.14. The molecular formula is C10H10FN3S2. The van der Waals surface area contributed by atoms with Crippen LogP contribution < -0.4 is 5.73 Å². The monoisotopic (exact) mass is 255 g/mol. The summed E-state index contributed by atoms with van der Waals surface area (Å²) >= 11 is 3.08. The normalized spacial score (nSPS) is 10.6. The molecule has 0 fully saturated rings. The number of aryl methyl sites for hydroxylation is 1. The van der Waals surface area contributed by atoms with E-state index in [9.17, 15) is 4.39 Å². The first-order valence-corrected chi connectivity index (χ1v) is 6.42. The van der Waals surface area contributed by atoms with E-state index >= 15 is 0 Å². The maximum absolute atomic E-state index is 13.1. The Bertz CT molecular complexity index is 499. The lowest BCUT2D eigenvalue weighted by atomic mass is 10.2. The first-order chi connectivity index (χ1) is 7.65. The second-order valence-corrected chi connectivity index (χ2v) is 5.64. The van der Waals surface area contributed by atoms with Crippen LogP contribution in [0.3, 0.4) is 0 Å². The Morgan fingerprint density at radius 1 is 1.44 bits per heavy atom. The van der Waals surface area contributed by atoms with Gasteiger partial charge in [0.2, 0.25) is 0 Å². The zero-order valence-electron chi connectivity index (χ0n) is 8.61. The SMILES string of the molecule is Cc1nnc(SCc2ccc(N)c(F)c2)s1. The molecule has 1 heterocycles. The van der Waals surface area contributed by atoms with Crippen molar-refractivity contribution < 1.29 is 4.39 Å². The van der Waals surface area contributed by atoms with Crippen LogP contribution in [0.5, 0.6) is 0 Å². The quantitative estimate of drug-likeness (QED) is 0.677. The predicted octanol–water partition coefficient (Wildman–Crippen LogP) is 2.86. The van der Waals surface area contributed by atoms with Gasteiger partial charge in [-0.15, -0.1) is 10.2 Å². The summed E-state index contributed by atoms with van der Waals surface area (Å²) in [6.07, 6.45) is 0. The zero-order chi connectivity index (χ0) is 11.5. The van der Waals surface area contributed by atoms with Gasteiger partial charge < -0.3 is 5.73 Å². The fraction of sp³-hybridized carbons (Fsp3) is 0.200. The molecule has 2 aromatic rings. The topological polar surface area (TPSA) is 51.8 Å². The van der Waals surface area contributed by atoms with E-state index in [4.69, 9.17) is 5.73 Å². The number of anilines is 1. The first-order valence-electron chi connectivity index (χ1n) is 4.62. The molecule has 84 valence electrons. The van der Waals surface area contributed by atoms with Crippen molar-refractivity contribution >= 4 is 28.8 Å². The summed E-state index contributed by atoms with van der Waals surface area (Å²) in [5.41, 5.74) is 6.47. The number of nitrogens with two attached hydrogens (primary N) is 1. The van der Waals surface area contributed by atoms with Crippen LogP contribution in [0, 0.1) is 12.7 Å². The Balaban J connectivity index is 2.02. The summed E-state index contributed by atoms with van der Waals surface area (Å²) < 4.78 is 14.0. The van der Waals surface area contributed by atoms with E-state index in [1.807, 2.05) is 13.0 Å². The van der Waals surface area contributed by atoms with Crippen molar-refractivity contribution in [1.82, 2.24) is 10.2 Å². The number of nitrogens with zero attached hydrogens (tertiary/aromatic N) is 2. The maximum atomic E-state index is 13.1. The number of benzene rings is 1. The van der Waals surface area contributed by atoms with Crippen LogP contribution in [-0.2, 0) is 5.75 Å². The van der Waals surface area contributed by atoms with Gasteiger partial charge in [-0.3, -0.25) is 0 Å². The molecule has 1 aromatic carbocycles. The van der Waals surface area contributed by atoms with Gasteiger partial charge in [0.25, 0.3) is 0 Å². The summed E-state index contributed by atoms with van der Waals surface area (Å²) in [7, 11) is 0. The van der Waals surface area contributed by atoms with E-state index in [1.54, 1.807) is 17.8 Å².